The standard InChI is InChI=1S/C7H8O2/c1-2-7(6-9)4-3-5-8/h2,4-6H,1,3H2/b7-4+. The Labute approximate surface area is 53.9 Å². The van der Waals surface area contributed by atoms with Gasteiger partial charge in [0.2, 0.25) is 0 Å². The van der Waals surface area contributed by atoms with Crippen molar-refractivity contribution < 1.29 is 9.59 Å². The topological polar surface area (TPSA) is 34.1 Å². The van der Waals surface area contributed by atoms with Crippen LogP contribution in [0.2, 0.25) is 0 Å². The maximum absolute atomic E-state index is 9.99. The quantitative estimate of drug-likeness (QED) is 0.317. The normalized spacial score (nSPS) is 10.4. The molecule has 0 atom stereocenters. The van der Waals surface area contributed by atoms with E-state index in [1.165, 1.54) is 12.2 Å². The summed E-state index contributed by atoms with van der Waals surface area (Å²) in [5.74, 6) is 0. The van der Waals surface area contributed by atoms with Gasteiger partial charge in [-0.3, -0.25) is 4.79 Å². The zero-order chi connectivity index (χ0) is 7.11. The minimum atomic E-state index is 0.278. The third-order valence-corrected chi connectivity index (χ3v) is 0.822. The summed E-state index contributed by atoms with van der Waals surface area (Å²) in [5, 5.41) is 0. The van der Waals surface area contributed by atoms with E-state index in [0.29, 0.717) is 11.9 Å². The molecular weight excluding hydrogens is 116 g/mol. The third-order valence-electron chi connectivity index (χ3n) is 0.822. The lowest BCUT2D eigenvalue weighted by Crippen LogP contribution is -1.78. The van der Waals surface area contributed by atoms with Crippen molar-refractivity contribution in [1.82, 2.24) is 0 Å². The van der Waals surface area contributed by atoms with Crippen molar-refractivity contribution in [1.29, 1.82) is 0 Å². The van der Waals surface area contributed by atoms with Crippen molar-refractivity contribution in [2.75, 3.05) is 0 Å². The smallest absolute Gasteiger partial charge is 0.149 e. The highest BCUT2D eigenvalue weighted by Crippen LogP contribution is 1.90. The van der Waals surface area contributed by atoms with Crippen LogP contribution in [0.3, 0.4) is 0 Å². The summed E-state index contributed by atoms with van der Waals surface area (Å²) in [6, 6.07) is 0. The van der Waals surface area contributed by atoms with Gasteiger partial charge in [-0.2, -0.15) is 0 Å². The molecule has 0 saturated carbocycles. The van der Waals surface area contributed by atoms with Gasteiger partial charge in [0.15, 0.2) is 0 Å². The number of aldehydes is 2. The molecule has 2 heteroatoms. The Morgan fingerprint density at radius 3 is 2.44 bits per heavy atom. The Hall–Kier alpha value is -1.18. The minimum absolute atomic E-state index is 0.278. The van der Waals surface area contributed by atoms with Crippen molar-refractivity contribution in [2.45, 2.75) is 6.42 Å². The number of carbonyl (C=O) groups is 2. The second-order valence-electron chi connectivity index (χ2n) is 1.43. The van der Waals surface area contributed by atoms with Crippen LogP contribution in [0.4, 0.5) is 0 Å². The van der Waals surface area contributed by atoms with Crippen LogP contribution in [0, 0.1) is 0 Å². The minimum Gasteiger partial charge on any atom is -0.303 e. The van der Waals surface area contributed by atoms with Crippen LogP contribution >= 0.6 is 0 Å². The number of rotatable bonds is 4. The van der Waals surface area contributed by atoms with Crippen LogP contribution in [0.1, 0.15) is 6.42 Å². The maximum atomic E-state index is 9.99. The first-order valence-corrected chi connectivity index (χ1v) is 2.56. The number of allylic oxidation sites excluding steroid dienone is 3. The van der Waals surface area contributed by atoms with E-state index in [2.05, 4.69) is 6.58 Å². The van der Waals surface area contributed by atoms with Gasteiger partial charge < -0.3 is 4.79 Å². The molecule has 0 spiro atoms. The fourth-order valence-electron chi connectivity index (χ4n) is 0.364. The maximum Gasteiger partial charge on any atom is 0.149 e. The summed E-state index contributed by atoms with van der Waals surface area (Å²) in [6.45, 7) is 3.37. The zero-order valence-corrected chi connectivity index (χ0v) is 5.04. The molecule has 0 N–H and O–H groups in total. The largest absolute Gasteiger partial charge is 0.303 e. The SMILES string of the molecule is C=C/C(C=O)=C\CC=O. The van der Waals surface area contributed by atoms with Crippen molar-refractivity contribution in [3.05, 3.63) is 24.3 Å². The summed E-state index contributed by atoms with van der Waals surface area (Å²) >= 11 is 0. The molecule has 2 nitrogen and oxygen atoms in total. The summed E-state index contributed by atoms with van der Waals surface area (Å²) < 4.78 is 0. The van der Waals surface area contributed by atoms with Gasteiger partial charge in [-0.15, -0.1) is 0 Å². The van der Waals surface area contributed by atoms with E-state index in [0.717, 1.165) is 6.29 Å². The van der Waals surface area contributed by atoms with Crippen LogP contribution in [-0.4, -0.2) is 12.6 Å². The molecule has 0 radical (unpaired) electrons. The Balaban J connectivity index is 3.89. The summed E-state index contributed by atoms with van der Waals surface area (Å²) in [4.78, 5) is 19.7. The fourth-order valence-corrected chi connectivity index (χ4v) is 0.364. The first-order chi connectivity index (χ1) is 4.35. The van der Waals surface area contributed by atoms with Gasteiger partial charge in [0.1, 0.15) is 12.6 Å². The first-order valence-electron chi connectivity index (χ1n) is 2.56. The lowest BCUT2D eigenvalue weighted by Gasteiger charge is -1.82. The third kappa shape index (κ3) is 3.41. The second-order valence-corrected chi connectivity index (χ2v) is 1.43. The lowest BCUT2D eigenvalue weighted by atomic mass is 10.2. The first kappa shape index (κ1) is 7.82. The average Bonchev–Trinajstić information content (AvgIpc) is 1.91. The molecule has 0 bridgehead atoms. The van der Waals surface area contributed by atoms with Crippen LogP contribution in [0.25, 0.3) is 0 Å². The average molecular weight is 124 g/mol. The summed E-state index contributed by atoms with van der Waals surface area (Å²) in [7, 11) is 0. The van der Waals surface area contributed by atoms with E-state index in [1.54, 1.807) is 0 Å². The molecule has 48 valence electrons. The van der Waals surface area contributed by atoms with E-state index < -0.39 is 0 Å². The molecule has 0 heterocycles. The van der Waals surface area contributed by atoms with Gasteiger partial charge in [0.25, 0.3) is 0 Å². The molecule has 0 aromatic rings. The van der Waals surface area contributed by atoms with Crippen LogP contribution in [0.15, 0.2) is 24.3 Å². The molecule has 0 saturated heterocycles. The highest BCUT2D eigenvalue weighted by atomic mass is 16.1. The van der Waals surface area contributed by atoms with Crippen molar-refractivity contribution in [3.8, 4) is 0 Å². The van der Waals surface area contributed by atoms with Crippen LogP contribution < -0.4 is 0 Å². The van der Waals surface area contributed by atoms with E-state index >= 15 is 0 Å². The molecule has 0 aliphatic rings. The molecule has 0 fully saturated rings. The molecule has 0 amide bonds. The molecule has 0 aliphatic heterocycles. The number of carbonyl (C=O) groups excluding carboxylic acids is 2. The Bertz CT molecular complexity index is 135. The van der Waals surface area contributed by atoms with Gasteiger partial charge >= 0.3 is 0 Å². The molecule has 0 unspecified atom stereocenters. The van der Waals surface area contributed by atoms with E-state index in [1.807, 2.05) is 0 Å². The predicted molar refractivity (Wildman–Crippen MR) is 35.0 cm³/mol. The van der Waals surface area contributed by atoms with E-state index in [9.17, 15) is 9.59 Å². The Kier molecular flexibility index (Phi) is 4.32. The van der Waals surface area contributed by atoms with Crippen LogP contribution in [-0.2, 0) is 9.59 Å². The zero-order valence-electron chi connectivity index (χ0n) is 5.04. The Morgan fingerprint density at radius 1 is 1.44 bits per heavy atom. The highest BCUT2D eigenvalue weighted by Gasteiger charge is 1.83. The van der Waals surface area contributed by atoms with Gasteiger partial charge in [-0.05, 0) is 0 Å². The molecule has 0 rings (SSSR count). The summed E-state index contributed by atoms with van der Waals surface area (Å²) in [5.41, 5.74) is 0.460. The summed E-state index contributed by atoms with van der Waals surface area (Å²) in [6.07, 6.45) is 4.60. The van der Waals surface area contributed by atoms with E-state index in [4.69, 9.17) is 0 Å². The van der Waals surface area contributed by atoms with Crippen molar-refractivity contribution in [2.24, 2.45) is 0 Å². The number of hydrogen-bond donors (Lipinski definition) is 0. The van der Waals surface area contributed by atoms with Gasteiger partial charge in [0, 0.05) is 12.0 Å². The molecule has 0 aromatic heterocycles. The molecule has 0 aromatic carbocycles. The van der Waals surface area contributed by atoms with Crippen molar-refractivity contribution in [3.63, 3.8) is 0 Å². The van der Waals surface area contributed by atoms with Crippen molar-refractivity contribution >= 4 is 12.6 Å². The van der Waals surface area contributed by atoms with Gasteiger partial charge in [0.05, 0.1) is 0 Å². The Morgan fingerprint density at radius 2 is 2.11 bits per heavy atom. The molecule has 0 aliphatic carbocycles. The van der Waals surface area contributed by atoms with Crippen LogP contribution in [0.5, 0.6) is 0 Å². The number of hydrogen-bond acceptors (Lipinski definition) is 2. The van der Waals surface area contributed by atoms with Gasteiger partial charge in [-0.25, -0.2) is 0 Å². The molecule has 9 heavy (non-hydrogen) atoms. The van der Waals surface area contributed by atoms with E-state index in [-0.39, 0.29) is 6.42 Å². The fraction of sp³-hybridized carbons (Fsp3) is 0.143. The highest BCUT2D eigenvalue weighted by molar-refractivity contribution is 5.77. The monoisotopic (exact) mass is 124 g/mol. The predicted octanol–water partition coefficient (Wildman–Crippen LogP) is 0.887. The van der Waals surface area contributed by atoms with Gasteiger partial charge in [-0.1, -0.05) is 18.7 Å². The molecular formula is C7H8O2. The lowest BCUT2D eigenvalue weighted by molar-refractivity contribution is -0.107. The second kappa shape index (κ2) is 4.97.